The predicted molar refractivity (Wildman–Crippen MR) is 113 cm³/mol. The van der Waals surface area contributed by atoms with Gasteiger partial charge >= 0.3 is 0 Å². The van der Waals surface area contributed by atoms with E-state index in [0.717, 1.165) is 25.2 Å². The van der Waals surface area contributed by atoms with Gasteiger partial charge in [0.1, 0.15) is 17.1 Å². The summed E-state index contributed by atoms with van der Waals surface area (Å²) < 4.78 is 26.2. The van der Waals surface area contributed by atoms with Gasteiger partial charge < -0.3 is 10.2 Å². The number of fused-ring (bicyclic) bond motifs is 1. The molecule has 1 aromatic carbocycles. The predicted octanol–water partition coefficient (Wildman–Crippen LogP) is 2.42. The molecule has 31 heavy (non-hydrogen) atoms. The van der Waals surface area contributed by atoms with Gasteiger partial charge in [-0.1, -0.05) is 6.92 Å². The third-order valence-electron chi connectivity index (χ3n) is 6.17. The standard InChI is InChI=1S/C22H26F2N6O/c1-14-7-16(9-28-21(31)15(2)30-12-22(23,24)13-30)11-29(10-14)18-4-3-17(8-25)19-20(18)27-6-5-26-19/h3-6,14-16H,7,9-13H2,1-2H3,(H,28,31)/t14-,15?,16?/m0/s1. The smallest absolute Gasteiger partial charge is 0.272 e. The van der Waals surface area contributed by atoms with Crippen LogP contribution in [0.1, 0.15) is 25.8 Å². The molecule has 3 atom stereocenters. The minimum absolute atomic E-state index is 0.213. The van der Waals surface area contributed by atoms with Gasteiger partial charge in [0.2, 0.25) is 5.91 Å². The number of hydrogen-bond donors (Lipinski definition) is 1. The molecule has 1 amide bonds. The maximum Gasteiger partial charge on any atom is 0.272 e. The molecule has 2 saturated heterocycles. The van der Waals surface area contributed by atoms with Gasteiger partial charge in [0, 0.05) is 32.0 Å². The van der Waals surface area contributed by atoms with Gasteiger partial charge in [0.05, 0.1) is 30.4 Å². The van der Waals surface area contributed by atoms with Crippen molar-refractivity contribution in [1.82, 2.24) is 20.2 Å². The Kier molecular flexibility index (Phi) is 5.75. The number of benzene rings is 1. The summed E-state index contributed by atoms with van der Waals surface area (Å²) in [6.45, 7) is 5.20. The minimum Gasteiger partial charge on any atom is -0.369 e. The molecular formula is C22H26F2N6O. The number of aromatic nitrogens is 2. The zero-order valence-corrected chi connectivity index (χ0v) is 17.7. The number of nitrogens with zero attached hydrogens (tertiary/aromatic N) is 5. The van der Waals surface area contributed by atoms with Crippen molar-refractivity contribution >= 4 is 22.6 Å². The van der Waals surface area contributed by atoms with Gasteiger partial charge in [-0.05, 0) is 37.3 Å². The van der Waals surface area contributed by atoms with Gasteiger partial charge in [-0.15, -0.1) is 0 Å². The summed E-state index contributed by atoms with van der Waals surface area (Å²) in [4.78, 5) is 25.0. The van der Waals surface area contributed by atoms with Crippen molar-refractivity contribution in [2.45, 2.75) is 32.2 Å². The first-order chi connectivity index (χ1) is 14.8. The molecule has 2 aromatic rings. The average Bonchev–Trinajstić information content (AvgIpc) is 2.74. The van der Waals surface area contributed by atoms with Gasteiger partial charge in [-0.2, -0.15) is 5.26 Å². The van der Waals surface area contributed by atoms with Crippen LogP contribution >= 0.6 is 0 Å². The first kappa shape index (κ1) is 21.4. The number of nitriles is 1. The van der Waals surface area contributed by atoms with E-state index in [-0.39, 0.29) is 24.9 Å². The quantitative estimate of drug-likeness (QED) is 0.787. The van der Waals surface area contributed by atoms with Crippen LogP contribution < -0.4 is 10.2 Å². The molecule has 4 rings (SSSR count). The summed E-state index contributed by atoms with van der Waals surface area (Å²) in [6, 6.07) is 5.29. The van der Waals surface area contributed by atoms with E-state index in [9.17, 15) is 18.8 Å². The summed E-state index contributed by atoms with van der Waals surface area (Å²) in [5.41, 5.74) is 2.71. The molecule has 1 N–H and O–H groups in total. The Labute approximate surface area is 180 Å². The second-order valence-electron chi connectivity index (χ2n) is 8.79. The van der Waals surface area contributed by atoms with Gasteiger partial charge in [0.15, 0.2) is 0 Å². The zero-order chi connectivity index (χ0) is 22.2. The fraction of sp³-hybridized carbons (Fsp3) is 0.545. The summed E-state index contributed by atoms with van der Waals surface area (Å²) in [6.07, 6.45) is 4.17. The Morgan fingerprint density at radius 3 is 2.68 bits per heavy atom. The molecule has 1 aromatic heterocycles. The maximum atomic E-state index is 13.1. The van der Waals surface area contributed by atoms with Crippen LogP contribution in [0.5, 0.6) is 0 Å². The van der Waals surface area contributed by atoms with E-state index in [1.807, 2.05) is 6.07 Å². The second-order valence-corrected chi connectivity index (χ2v) is 8.79. The normalized spacial score (nSPS) is 24.3. The topological polar surface area (TPSA) is 85.2 Å². The first-order valence-corrected chi connectivity index (χ1v) is 10.6. The fourth-order valence-electron chi connectivity index (χ4n) is 4.59. The van der Waals surface area contributed by atoms with Crippen LogP contribution in [-0.4, -0.2) is 65.5 Å². The van der Waals surface area contributed by atoms with E-state index in [1.165, 1.54) is 4.90 Å². The number of carbonyl (C=O) groups is 1. The summed E-state index contributed by atoms with van der Waals surface area (Å²) in [5, 5.41) is 12.3. The van der Waals surface area contributed by atoms with Crippen molar-refractivity contribution in [3.8, 4) is 6.07 Å². The number of likely N-dealkylation sites (tertiary alicyclic amines) is 1. The molecule has 164 valence electrons. The second kappa shape index (κ2) is 8.35. The summed E-state index contributed by atoms with van der Waals surface area (Å²) >= 11 is 0. The summed E-state index contributed by atoms with van der Waals surface area (Å²) in [7, 11) is 0. The van der Waals surface area contributed by atoms with E-state index in [0.29, 0.717) is 29.1 Å². The fourth-order valence-corrected chi connectivity index (χ4v) is 4.59. The van der Waals surface area contributed by atoms with Crippen LogP contribution in [-0.2, 0) is 4.79 Å². The van der Waals surface area contributed by atoms with Gasteiger partial charge in [-0.25, -0.2) is 8.78 Å². The highest BCUT2D eigenvalue weighted by molar-refractivity contribution is 5.92. The lowest BCUT2D eigenvalue weighted by Crippen LogP contribution is -2.62. The minimum atomic E-state index is -2.68. The van der Waals surface area contributed by atoms with Crippen molar-refractivity contribution in [2.24, 2.45) is 11.8 Å². The van der Waals surface area contributed by atoms with Crippen LogP contribution in [0.25, 0.3) is 11.0 Å². The molecule has 2 fully saturated rings. The Morgan fingerprint density at radius 2 is 2.00 bits per heavy atom. The number of carbonyl (C=O) groups excluding carboxylic acids is 1. The van der Waals surface area contributed by atoms with Crippen LogP contribution in [0.4, 0.5) is 14.5 Å². The summed E-state index contributed by atoms with van der Waals surface area (Å²) in [5.74, 6) is -2.26. The lowest BCUT2D eigenvalue weighted by molar-refractivity contribution is -0.156. The van der Waals surface area contributed by atoms with E-state index >= 15 is 0 Å². The van der Waals surface area contributed by atoms with Crippen molar-refractivity contribution in [3.05, 3.63) is 30.1 Å². The zero-order valence-electron chi connectivity index (χ0n) is 17.7. The molecule has 2 aliphatic rings. The third kappa shape index (κ3) is 4.44. The number of amides is 1. The maximum absolute atomic E-state index is 13.1. The van der Waals surface area contributed by atoms with Crippen LogP contribution in [0.2, 0.25) is 0 Å². The Hall–Kier alpha value is -2.86. The Morgan fingerprint density at radius 1 is 1.29 bits per heavy atom. The molecule has 0 bridgehead atoms. The van der Waals surface area contributed by atoms with Crippen LogP contribution in [0.3, 0.4) is 0 Å². The Balaban J connectivity index is 1.43. The molecule has 7 nitrogen and oxygen atoms in total. The van der Waals surface area contributed by atoms with Crippen molar-refractivity contribution in [2.75, 3.05) is 37.6 Å². The number of piperidine rings is 1. The van der Waals surface area contributed by atoms with E-state index in [2.05, 4.69) is 33.2 Å². The average molecular weight is 428 g/mol. The molecule has 9 heteroatoms. The van der Waals surface area contributed by atoms with Crippen LogP contribution in [0.15, 0.2) is 24.5 Å². The highest BCUT2D eigenvalue weighted by Crippen LogP contribution is 2.32. The molecule has 2 unspecified atom stereocenters. The molecular weight excluding hydrogens is 402 g/mol. The monoisotopic (exact) mass is 428 g/mol. The van der Waals surface area contributed by atoms with E-state index in [4.69, 9.17) is 0 Å². The molecule has 3 heterocycles. The largest absolute Gasteiger partial charge is 0.369 e. The molecule has 0 radical (unpaired) electrons. The molecule has 0 saturated carbocycles. The Bertz CT molecular complexity index is 1010. The van der Waals surface area contributed by atoms with Crippen molar-refractivity contribution in [1.29, 1.82) is 5.26 Å². The number of halogens is 2. The van der Waals surface area contributed by atoms with Crippen LogP contribution in [0, 0.1) is 23.2 Å². The lowest BCUT2D eigenvalue weighted by atomic mass is 9.89. The highest BCUT2D eigenvalue weighted by Gasteiger charge is 2.47. The number of nitrogens with one attached hydrogen (secondary N) is 1. The van der Waals surface area contributed by atoms with Crippen molar-refractivity contribution < 1.29 is 13.6 Å². The lowest BCUT2D eigenvalue weighted by Gasteiger charge is -2.42. The third-order valence-corrected chi connectivity index (χ3v) is 6.17. The van der Waals surface area contributed by atoms with E-state index in [1.54, 1.807) is 25.4 Å². The van der Waals surface area contributed by atoms with Gasteiger partial charge in [-0.3, -0.25) is 19.7 Å². The molecule has 0 spiro atoms. The SMILES string of the molecule is CC(C(=O)NCC1C[C@H](C)CN(c2ccc(C#N)c3nccnc23)C1)N1CC(F)(F)C1. The molecule has 0 aliphatic carbocycles. The number of anilines is 1. The first-order valence-electron chi connectivity index (χ1n) is 10.6. The van der Waals surface area contributed by atoms with Gasteiger partial charge in [0.25, 0.3) is 5.92 Å². The van der Waals surface area contributed by atoms with Crippen molar-refractivity contribution in [3.63, 3.8) is 0 Å². The highest BCUT2D eigenvalue weighted by atomic mass is 19.3. The molecule has 2 aliphatic heterocycles. The number of rotatable bonds is 5. The van der Waals surface area contributed by atoms with E-state index < -0.39 is 12.0 Å². The number of hydrogen-bond acceptors (Lipinski definition) is 6. The number of alkyl halides is 2.